The van der Waals surface area contributed by atoms with Gasteiger partial charge in [0.25, 0.3) is 0 Å². The van der Waals surface area contributed by atoms with E-state index in [2.05, 4.69) is 21.9 Å². The van der Waals surface area contributed by atoms with Crippen LogP contribution in [-0.2, 0) is 6.18 Å². The molecule has 0 heterocycles. The third-order valence-corrected chi connectivity index (χ3v) is 1.90. The Hall–Kier alpha value is -2.19. The van der Waals surface area contributed by atoms with Gasteiger partial charge in [0.05, 0.1) is 5.56 Å². The Labute approximate surface area is 100 Å². The summed E-state index contributed by atoms with van der Waals surface area (Å²) < 4.78 is 50.1. The minimum atomic E-state index is -4.74. The minimum Gasteiger partial charge on any atom is -0.206 e. The molecule has 0 atom stereocenters. The van der Waals surface area contributed by atoms with E-state index in [0.717, 1.165) is 12.1 Å². The Kier molecular flexibility index (Phi) is 4.58. The first-order valence-corrected chi connectivity index (χ1v) is 4.81. The molecule has 0 fully saturated rings. The first kappa shape index (κ1) is 13.9. The lowest BCUT2D eigenvalue weighted by Crippen LogP contribution is -2.08. The second-order valence-electron chi connectivity index (χ2n) is 3.20. The van der Waals surface area contributed by atoms with Crippen LogP contribution in [0.3, 0.4) is 0 Å². The smallest absolute Gasteiger partial charge is 0.206 e. The molecule has 94 valence electrons. The van der Waals surface area contributed by atoms with Crippen LogP contribution in [0.4, 0.5) is 17.6 Å². The Balaban J connectivity index is 2.89. The molecular formula is C11H7F4N3. The molecule has 1 rings (SSSR count). The van der Waals surface area contributed by atoms with Gasteiger partial charge in [-0.25, -0.2) is 4.39 Å². The Morgan fingerprint density at radius 3 is 2.67 bits per heavy atom. The summed E-state index contributed by atoms with van der Waals surface area (Å²) >= 11 is 0. The summed E-state index contributed by atoms with van der Waals surface area (Å²) in [5.41, 5.74) is 6.70. The third kappa shape index (κ3) is 4.00. The van der Waals surface area contributed by atoms with Crippen molar-refractivity contribution in [2.45, 2.75) is 12.6 Å². The number of rotatable bonds is 2. The number of benzene rings is 1. The maximum Gasteiger partial charge on any atom is 0.419 e. The van der Waals surface area contributed by atoms with E-state index < -0.39 is 17.6 Å². The van der Waals surface area contributed by atoms with E-state index in [1.165, 1.54) is 0 Å². The summed E-state index contributed by atoms with van der Waals surface area (Å²) in [4.78, 5) is 2.50. The van der Waals surface area contributed by atoms with Gasteiger partial charge in [-0.3, -0.25) is 0 Å². The van der Waals surface area contributed by atoms with Crippen LogP contribution in [0.15, 0.2) is 23.3 Å². The van der Waals surface area contributed by atoms with E-state index >= 15 is 0 Å². The zero-order valence-corrected chi connectivity index (χ0v) is 9.00. The van der Waals surface area contributed by atoms with E-state index in [0.29, 0.717) is 6.07 Å². The van der Waals surface area contributed by atoms with Gasteiger partial charge in [0.1, 0.15) is 5.82 Å². The molecule has 0 aliphatic rings. The summed E-state index contributed by atoms with van der Waals surface area (Å²) in [6, 6.07) is 2.53. The van der Waals surface area contributed by atoms with Crippen LogP contribution in [0.5, 0.6) is 0 Å². The predicted molar refractivity (Wildman–Crippen MR) is 56.9 cm³/mol. The van der Waals surface area contributed by atoms with Crippen LogP contribution in [0, 0.1) is 17.7 Å². The molecule has 0 N–H and O–H groups in total. The summed E-state index contributed by atoms with van der Waals surface area (Å²) in [7, 11) is 0. The molecule has 0 saturated heterocycles. The van der Waals surface area contributed by atoms with Crippen molar-refractivity contribution in [3.8, 4) is 11.8 Å². The molecular weight excluding hydrogens is 250 g/mol. The lowest BCUT2D eigenvalue weighted by atomic mass is 10.1. The van der Waals surface area contributed by atoms with Gasteiger partial charge in [-0.1, -0.05) is 17.0 Å². The van der Waals surface area contributed by atoms with Crippen molar-refractivity contribution in [3.05, 3.63) is 45.6 Å². The fourth-order valence-electron chi connectivity index (χ4n) is 1.14. The minimum absolute atomic E-state index is 0.0599. The van der Waals surface area contributed by atoms with Crippen LogP contribution in [0.1, 0.15) is 17.5 Å². The number of nitrogens with zero attached hydrogens (tertiary/aromatic N) is 3. The predicted octanol–water partition coefficient (Wildman–Crippen LogP) is 3.90. The van der Waals surface area contributed by atoms with Gasteiger partial charge in [0.2, 0.25) is 0 Å². The number of hydrogen-bond acceptors (Lipinski definition) is 1. The highest BCUT2D eigenvalue weighted by atomic mass is 19.4. The fraction of sp³-hybridized carbons (Fsp3) is 0.273. The van der Waals surface area contributed by atoms with Gasteiger partial charge in [0, 0.05) is 23.4 Å². The van der Waals surface area contributed by atoms with Crippen molar-refractivity contribution in [3.63, 3.8) is 0 Å². The van der Waals surface area contributed by atoms with Gasteiger partial charge in [-0.15, -0.1) is 0 Å². The van der Waals surface area contributed by atoms with Crippen LogP contribution in [-0.4, -0.2) is 6.54 Å². The zero-order valence-electron chi connectivity index (χ0n) is 9.00. The molecule has 0 radical (unpaired) electrons. The quantitative estimate of drug-likeness (QED) is 0.193. The summed E-state index contributed by atoms with van der Waals surface area (Å²) in [5, 5.41) is 3.21. The molecule has 0 aromatic heterocycles. The highest BCUT2D eigenvalue weighted by molar-refractivity contribution is 5.38. The number of hydrogen-bond donors (Lipinski definition) is 0. The van der Waals surface area contributed by atoms with Gasteiger partial charge in [-0.2, -0.15) is 13.2 Å². The van der Waals surface area contributed by atoms with Crippen molar-refractivity contribution in [1.82, 2.24) is 0 Å². The van der Waals surface area contributed by atoms with Crippen LogP contribution in [0.2, 0.25) is 0 Å². The average molecular weight is 257 g/mol. The highest BCUT2D eigenvalue weighted by Crippen LogP contribution is 2.31. The first-order valence-electron chi connectivity index (χ1n) is 4.81. The van der Waals surface area contributed by atoms with Crippen molar-refractivity contribution in [2.75, 3.05) is 6.54 Å². The summed E-state index contributed by atoms with van der Waals surface area (Å²) in [5.74, 6) is 3.64. The summed E-state index contributed by atoms with van der Waals surface area (Å²) in [6.07, 6.45) is -4.52. The van der Waals surface area contributed by atoms with Gasteiger partial charge in [0.15, 0.2) is 0 Å². The lowest BCUT2D eigenvalue weighted by molar-refractivity contribution is -0.140. The SMILES string of the molecule is [N-]=[N+]=NCCC#Cc1ccc(F)c(C(F)(F)F)c1. The van der Waals surface area contributed by atoms with Crippen molar-refractivity contribution in [1.29, 1.82) is 0 Å². The van der Waals surface area contributed by atoms with E-state index in [1.807, 2.05) is 0 Å². The Bertz CT molecular complexity index is 533. The van der Waals surface area contributed by atoms with Crippen molar-refractivity contribution >= 4 is 0 Å². The van der Waals surface area contributed by atoms with E-state index in [-0.39, 0.29) is 18.5 Å². The number of halogens is 4. The zero-order chi connectivity index (χ0) is 13.6. The highest BCUT2D eigenvalue weighted by Gasteiger charge is 2.34. The second kappa shape index (κ2) is 5.94. The summed E-state index contributed by atoms with van der Waals surface area (Å²) in [6.45, 7) is 0.136. The van der Waals surface area contributed by atoms with Crippen LogP contribution in [0.25, 0.3) is 10.4 Å². The molecule has 3 nitrogen and oxygen atoms in total. The monoisotopic (exact) mass is 257 g/mol. The number of azide groups is 1. The van der Waals surface area contributed by atoms with Crippen LogP contribution >= 0.6 is 0 Å². The van der Waals surface area contributed by atoms with E-state index in [1.54, 1.807) is 0 Å². The molecule has 1 aromatic carbocycles. The van der Waals surface area contributed by atoms with Gasteiger partial charge >= 0.3 is 6.18 Å². The molecule has 0 bridgehead atoms. The van der Waals surface area contributed by atoms with Gasteiger partial charge in [-0.05, 0) is 23.7 Å². The molecule has 0 aliphatic heterocycles. The van der Waals surface area contributed by atoms with Crippen LogP contribution < -0.4 is 0 Å². The maximum atomic E-state index is 12.9. The van der Waals surface area contributed by atoms with Crippen molar-refractivity contribution in [2.24, 2.45) is 5.11 Å². The molecule has 0 spiro atoms. The average Bonchev–Trinajstić information content (AvgIpc) is 2.29. The van der Waals surface area contributed by atoms with E-state index in [9.17, 15) is 17.6 Å². The normalized spacial score (nSPS) is 10.2. The molecule has 0 aliphatic carbocycles. The molecule has 0 saturated carbocycles. The largest absolute Gasteiger partial charge is 0.419 e. The molecule has 18 heavy (non-hydrogen) atoms. The second-order valence-corrected chi connectivity index (χ2v) is 3.20. The standard InChI is InChI=1S/C11H7F4N3/c12-10-5-4-8(3-1-2-6-17-18-16)7-9(10)11(13,14)15/h4-5,7H,2,6H2. The fourth-order valence-corrected chi connectivity index (χ4v) is 1.14. The molecule has 1 aromatic rings. The molecule has 0 unspecified atom stereocenters. The number of alkyl halides is 3. The third-order valence-electron chi connectivity index (χ3n) is 1.90. The molecule has 7 heteroatoms. The Morgan fingerprint density at radius 2 is 2.06 bits per heavy atom. The lowest BCUT2D eigenvalue weighted by Gasteiger charge is -2.07. The molecule has 0 amide bonds. The maximum absolute atomic E-state index is 12.9. The Morgan fingerprint density at radius 1 is 1.33 bits per heavy atom. The topological polar surface area (TPSA) is 48.8 Å². The first-order chi connectivity index (χ1) is 8.45. The van der Waals surface area contributed by atoms with Gasteiger partial charge < -0.3 is 0 Å². The van der Waals surface area contributed by atoms with E-state index in [4.69, 9.17) is 5.53 Å². The van der Waals surface area contributed by atoms with Crippen molar-refractivity contribution < 1.29 is 17.6 Å².